The van der Waals surface area contributed by atoms with E-state index in [4.69, 9.17) is 10.5 Å². The number of hydrogen-bond acceptors (Lipinski definition) is 3. The Kier molecular flexibility index (Phi) is 3.84. The van der Waals surface area contributed by atoms with Gasteiger partial charge in [-0.2, -0.15) is 0 Å². The van der Waals surface area contributed by atoms with E-state index in [0.717, 1.165) is 4.47 Å². The van der Waals surface area contributed by atoms with Crippen molar-refractivity contribution in [2.45, 2.75) is 5.32 Å². The molecule has 4 nitrogen and oxygen atoms in total. The van der Waals surface area contributed by atoms with E-state index in [9.17, 15) is 4.79 Å². The molecule has 1 aliphatic heterocycles. The Bertz CT molecular complexity index is 594. The first-order valence-corrected chi connectivity index (χ1v) is 7.79. The van der Waals surface area contributed by atoms with Gasteiger partial charge in [0, 0.05) is 0 Å². The number of hydrogen-bond donors (Lipinski definition) is 0. The molecule has 2 rings (SSSR count). The SMILES string of the molecule is N#CC(C#N)=C1[Se]CC(=O)N1c1ccc(Br)cc1. The van der Waals surface area contributed by atoms with Crippen molar-refractivity contribution in [3.05, 3.63) is 38.9 Å². The summed E-state index contributed by atoms with van der Waals surface area (Å²) in [4.78, 5) is 13.4. The van der Waals surface area contributed by atoms with Crippen LogP contribution in [0.5, 0.6) is 0 Å². The summed E-state index contributed by atoms with van der Waals surface area (Å²) in [6.07, 6.45) is 0. The van der Waals surface area contributed by atoms with Crippen LogP contribution in [0.1, 0.15) is 0 Å². The number of halogens is 1. The molecule has 0 spiro atoms. The van der Waals surface area contributed by atoms with Crippen molar-refractivity contribution in [1.82, 2.24) is 0 Å². The molecular formula is C12H6BrN3OSe. The minimum absolute atomic E-state index is 0.0313. The van der Waals surface area contributed by atoms with Crippen LogP contribution >= 0.6 is 15.9 Å². The number of carbonyl (C=O) groups excluding carboxylic acids is 1. The molecule has 1 amide bonds. The summed E-state index contributed by atoms with van der Waals surface area (Å²) in [5.41, 5.74) is 0.726. The topological polar surface area (TPSA) is 67.9 Å². The van der Waals surface area contributed by atoms with Crippen molar-refractivity contribution in [2.24, 2.45) is 0 Å². The van der Waals surface area contributed by atoms with Crippen LogP contribution in [0.15, 0.2) is 38.9 Å². The average Bonchev–Trinajstić information content (AvgIpc) is 2.74. The van der Waals surface area contributed by atoms with Crippen molar-refractivity contribution in [2.75, 3.05) is 4.90 Å². The molecule has 18 heavy (non-hydrogen) atoms. The van der Waals surface area contributed by atoms with E-state index < -0.39 is 0 Å². The molecule has 1 aromatic carbocycles. The molecule has 0 N–H and O–H groups in total. The van der Waals surface area contributed by atoms with Crippen molar-refractivity contribution in [1.29, 1.82) is 10.5 Å². The van der Waals surface area contributed by atoms with Crippen LogP contribution in [0.3, 0.4) is 0 Å². The van der Waals surface area contributed by atoms with Crippen LogP contribution in [0.2, 0.25) is 5.32 Å². The maximum absolute atomic E-state index is 11.9. The predicted octanol–water partition coefficient (Wildman–Crippen LogP) is 2.18. The van der Waals surface area contributed by atoms with E-state index in [1.54, 1.807) is 12.1 Å². The van der Waals surface area contributed by atoms with E-state index >= 15 is 0 Å². The van der Waals surface area contributed by atoms with Gasteiger partial charge in [-0.05, 0) is 0 Å². The van der Waals surface area contributed by atoms with Gasteiger partial charge in [-0.25, -0.2) is 0 Å². The molecule has 0 radical (unpaired) electrons. The van der Waals surface area contributed by atoms with Crippen LogP contribution in [0.4, 0.5) is 5.69 Å². The first-order valence-electron chi connectivity index (χ1n) is 4.93. The zero-order valence-electron chi connectivity index (χ0n) is 9.05. The average molecular weight is 367 g/mol. The molecule has 0 unspecified atom stereocenters. The summed E-state index contributed by atoms with van der Waals surface area (Å²) in [5.74, 6) is -0.0599. The number of nitriles is 2. The van der Waals surface area contributed by atoms with Gasteiger partial charge in [0.25, 0.3) is 0 Å². The summed E-state index contributed by atoms with van der Waals surface area (Å²) in [6.45, 7) is 0. The van der Waals surface area contributed by atoms with Crippen LogP contribution in [-0.2, 0) is 4.79 Å². The molecule has 0 atom stereocenters. The molecule has 0 saturated carbocycles. The number of carbonyl (C=O) groups is 1. The second kappa shape index (κ2) is 5.37. The van der Waals surface area contributed by atoms with Gasteiger partial charge in [0.05, 0.1) is 0 Å². The van der Waals surface area contributed by atoms with Gasteiger partial charge < -0.3 is 0 Å². The van der Waals surface area contributed by atoms with E-state index in [1.165, 1.54) is 4.90 Å². The van der Waals surface area contributed by atoms with Crippen molar-refractivity contribution in [3.8, 4) is 12.1 Å². The normalized spacial score (nSPS) is 14.3. The molecule has 0 bridgehead atoms. The Labute approximate surface area is 119 Å². The fourth-order valence-electron chi connectivity index (χ4n) is 1.53. The van der Waals surface area contributed by atoms with Gasteiger partial charge in [0.1, 0.15) is 0 Å². The minimum atomic E-state index is -0.148. The van der Waals surface area contributed by atoms with Crippen molar-refractivity contribution in [3.63, 3.8) is 0 Å². The van der Waals surface area contributed by atoms with Crippen molar-refractivity contribution < 1.29 is 4.79 Å². The monoisotopic (exact) mass is 367 g/mol. The van der Waals surface area contributed by atoms with Gasteiger partial charge in [0.2, 0.25) is 0 Å². The fourth-order valence-corrected chi connectivity index (χ4v) is 3.81. The van der Waals surface area contributed by atoms with Crippen molar-refractivity contribution >= 4 is 42.5 Å². The predicted molar refractivity (Wildman–Crippen MR) is 70.4 cm³/mol. The second-order valence-electron chi connectivity index (χ2n) is 3.40. The van der Waals surface area contributed by atoms with Gasteiger partial charge in [-0.1, -0.05) is 0 Å². The first kappa shape index (κ1) is 12.9. The molecule has 0 aliphatic carbocycles. The number of nitrogens with zero attached hydrogens (tertiary/aromatic N) is 3. The van der Waals surface area contributed by atoms with Gasteiger partial charge in [-0.3, -0.25) is 0 Å². The molecule has 0 aromatic heterocycles. The first-order chi connectivity index (χ1) is 8.67. The van der Waals surface area contributed by atoms with E-state index in [0.29, 0.717) is 15.6 Å². The summed E-state index contributed by atoms with van der Waals surface area (Å²) in [6, 6.07) is 10.9. The molecule has 1 fully saturated rings. The zero-order chi connectivity index (χ0) is 13.1. The zero-order valence-corrected chi connectivity index (χ0v) is 12.4. The van der Waals surface area contributed by atoms with Crippen LogP contribution in [0.25, 0.3) is 0 Å². The third kappa shape index (κ3) is 2.32. The molecule has 1 aliphatic rings. The molecular weight excluding hydrogens is 361 g/mol. The number of benzene rings is 1. The summed E-state index contributed by atoms with van der Waals surface area (Å²) in [7, 11) is 0. The molecule has 88 valence electrons. The van der Waals surface area contributed by atoms with Crippen LogP contribution in [0, 0.1) is 22.7 Å². The summed E-state index contributed by atoms with van der Waals surface area (Å²) < 4.78 is 1.47. The van der Waals surface area contributed by atoms with Gasteiger partial charge in [0.15, 0.2) is 0 Å². The van der Waals surface area contributed by atoms with E-state index in [1.807, 2.05) is 24.3 Å². The van der Waals surface area contributed by atoms with E-state index in [-0.39, 0.29) is 26.4 Å². The number of allylic oxidation sites excluding steroid dienone is 1. The summed E-state index contributed by atoms with van der Waals surface area (Å²) >= 11 is 3.18. The number of anilines is 1. The Morgan fingerprint density at radius 1 is 1.28 bits per heavy atom. The quantitative estimate of drug-likeness (QED) is 0.565. The Morgan fingerprint density at radius 2 is 1.89 bits per heavy atom. The second-order valence-corrected chi connectivity index (χ2v) is 6.34. The van der Waals surface area contributed by atoms with Crippen LogP contribution in [-0.4, -0.2) is 20.9 Å². The van der Waals surface area contributed by atoms with Gasteiger partial charge >= 0.3 is 119 Å². The van der Waals surface area contributed by atoms with Gasteiger partial charge in [-0.15, -0.1) is 0 Å². The molecule has 1 aromatic rings. The third-order valence-electron chi connectivity index (χ3n) is 2.31. The fraction of sp³-hybridized carbons (Fsp3) is 0.0833. The van der Waals surface area contributed by atoms with Crippen LogP contribution < -0.4 is 4.90 Å². The Hall–Kier alpha value is -1.59. The maximum atomic E-state index is 11.9. The molecule has 6 heteroatoms. The Morgan fingerprint density at radius 3 is 2.44 bits per heavy atom. The third-order valence-corrected chi connectivity index (χ3v) is 5.04. The van der Waals surface area contributed by atoms with E-state index in [2.05, 4.69) is 15.9 Å². The molecule has 1 heterocycles. The molecule has 1 saturated heterocycles. The Balaban J connectivity index is 2.51. The summed E-state index contributed by atoms with van der Waals surface area (Å²) in [5, 5.41) is 18.2. The number of rotatable bonds is 1. The standard InChI is InChI=1S/C12H6BrN3OSe/c13-9-1-3-10(4-2-9)16-11(17)7-18-12(16)8(5-14)6-15/h1-4H,7H2. The number of amides is 1.